The van der Waals surface area contributed by atoms with Crippen molar-refractivity contribution in [2.24, 2.45) is 0 Å². The van der Waals surface area contributed by atoms with E-state index in [1.54, 1.807) is 6.07 Å². The van der Waals surface area contributed by atoms with Crippen LogP contribution in [0.3, 0.4) is 0 Å². The lowest BCUT2D eigenvalue weighted by atomic mass is 10.1. The van der Waals surface area contributed by atoms with Gasteiger partial charge in [0.05, 0.1) is 11.9 Å². The molecule has 0 saturated heterocycles. The van der Waals surface area contributed by atoms with Gasteiger partial charge in [0.1, 0.15) is 17.2 Å². The van der Waals surface area contributed by atoms with Crippen LogP contribution in [0.25, 0.3) is 11.0 Å². The van der Waals surface area contributed by atoms with E-state index in [9.17, 15) is 4.39 Å². The minimum atomic E-state index is -0.182. The number of fused-ring (bicyclic) bond motifs is 1. The smallest absolute Gasteiger partial charge is 0.140 e. The number of hydrogen-bond acceptors (Lipinski definition) is 2. The summed E-state index contributed by atoms with van der Waals surface area (Å²) in [6.07, 6.45) is 1.87. The largest absolute Gasteiger partial charge is 0.459 e. The fourth-order valence-electron chi connectivity index (χ4n) is 2.30. The van der Waals surface area contributed by atoms with Crippen LogP contribution < -0.4 is 5.32 Å². The number of hydrogen-bond donors (Lipinski definition) is 1. The molecule has 98 valence electrons. The molecule has 0 bridgehead atoms. The first-order valence-corrected chi connectivity index (χ1v) is 6.59. The third kappa shape index (κ3) is 2.27. The second-order valence-electron chi connectivity index (χ2n) is 4.60. The number of furan rings is 1. The van der Waals surface area contributed by atoms with E-state index in [1.807, 2.05) is 13.8 Å². The highest BCUT2D eigenvalue weighted by atomic mass is 19.1. The predicted molar refractivity (Wildman–Crippen MR) is 72.3 cm³/mol. The normalized spacial score (nSPS) is 11.3. The van der Waals surface area contributed by atoms with Crippen molar-refractivity contribution in [3.8, 4) is 0 Å². The summed E-state index contributed by atoms with van der Waals surface area (Å²) in [5.74, 6) is 0.687. The quantitative estimate of drug-likeness (QED) is 0.812. The maximum Gasteiger partial charge on any atom is 0.140 e. The summed E-state index contributed by atoms with van der Waals surface area (Å²) in [6, 6.07) is 3.29. The van der Waals surface area contributed by atoms with E-state index >= 15 is 0 Å². The first-order valence-electron chi connectivity index (χ1n) is 6.59. The maximum absolute atomic E-state index is 13.9. The van der Waals surface area contributed by atoms with Crippen molar-refractivity contribution in [2.75, 3.05) is 6.54 Å². The van der Waals surface area contributed by atoms with Crippen LogP contribution in [0.5, 0.6) is 0 Å². The van der Waals surface area contributed by atoms with Crippen molar-refractivity contribution >= 4 is 11.0 Å². The minimum absolute atomic E-state index is 0.182. The molecule has 0 spiro atoms. The summed E-state index contributed by atoms with van der Waals surface area (Å²) in [6.45, 7) is 7.73. The Morgan fingerprint density at radius 1 is 1.28 bits per heavy atom. The highest BCUT2D eigenvalue weighted by Crippen LogP contribution is 2.31. The van der Waals surface area contributed by atoms with Crippen LogP contribution in [-0.2, 0) is 13.0 Å². The first kappa shape index (κ1) is 13.1. The Kier molecular flexibility index (Phi) is 4.02. The molecule has 0 aliphatic rings. The first-order chi connectivity index (χ1) is 8.69. The van der Waals surface area contributed by atoms with E-state index in [1.165, 1.54) is 6.07 Å². The molecule has 1 N–H and O–H groups in total. The van der Waals surface area contributed by atoms with Crippen LogP contribution in [0, 0.1) is 12.7 Å². The summed E-state index contributed by atoms with van der Waals surface area (Å²) >= 11 is 0. The lowest BCUT2D eigenvalue weighted by Gasteiger charge is -2.02. The molecular weight excluding hydrogens is 229 g/mol. The van der Waals surface area contributed by atoms with Gasteiger partial charge in [0.2, 0.25) is 0 Å². The zero-order valence-corrected chi connectivity index (χ0v) is 11.3. The van der Waals surface area contributed by atoms with E-state index in [0.717, 1.165) is 36.3 Å². The number of benzene rings is 1. The highest BCUT2D eigenvalue weighted by molar-refractivity contribution is 5.85. The Labute approximate surface area is 107 Å². The van der Waals surface area contributed by atoms with Crippen LogP contribution in [0.15, 0.2) is 16.5 Å². The number of halogens is 1. The molecule has 1 heterocycles. The molecule has 0 unspecified atom stereocenters. The van der Waals surface area contributed by atoms with Gasteiger partial charge in [-0.25, -0.2) is 4.39 Å². The van der Waals surface area contributed by atoms with E-state index in [4.69, 9.17) is 4.42 Å². The van der Waals surface area contributed by atoms with E-state index in [-0.39, 0.29) is 5.82 Å². The molecule has 0 radical (unpaired) electrons. The average Bonchev–Trinajstić information content (AvgIpc) is 2.74. The Bertz CT molecular complexity index is 545. The fourth-order valence-corrected chi connectivity index (χ4v) is 2.30. The van der Waals surface area contributed by atoms with Gasteiger partial charge in [-0.15, -0.1) is 0 Å². The van der Waals surface area contributed by atoms with Crippen molar-refractivity contribution in [2.45, 2.75) is 40.2 Å². The van der Waals surface area contributed by atoms with Gasteiger partial charge < -0.3 is 9.73 Å². The molecule has 2 nitrogen and oxygen atoms in total. The molecule has 1 aromatic heterocycles. The number of rotatable bonds is 5. The van der Waals surface area contributed by atoms with Gasteiger partial charge in [-0.2, -0.15) is 0 Å². The van der Waals surface area contributed by atoms with Crippen molar-refractivity contribution < 1.29 is 8.81 Å². The molecule has 0 amide bonds. The van der Waals surface area contributed by atoms with Crippen molar-refractivity contribution in [1.82, 2.24) is 5.32 Å². The maximum atomic E-state index is 13.9. The van der Waals surface area contributed by atoms with Gasteiger partial charge in [-0.1, -0.05) is 19.9 Å². The minimum Gasteiger partial charge on any atom is -0.459 e. The second-order valence-corrected chi connectivity index (χ2v) is 4.60. The Balaban J connectivity index is 2.47. The second kappa shape index (κ2) is 5.53. The zero-order chi connectivity index (χ0) is 13.1. The molecule has 1 aromatic carbocycles. The summed E-state index contributed by atoms with van der Waals surface area (Å²) < 4.78 is 19.8. The molecule has 0 fully saturated rings. The topological polar surface area (TPSA) is 25.2 Å². The molecule has 2 rings (SSSR count). The molecular formula is C15H20FNO. The Morgan fingerprint density at radius 3 is 2.72 bits per heavy atom. The third-order valence-corrected chi connectivity index (χ3v) is 3.23. The number of nitrogens with one attached hydrogen (secondary N) is 1. The van der Waals surface area contributed by atoms with Crippen LogP contribution in [0.2, 0.25) is 0 Å². The number of aryl methyl sites for hydroxylation is 2. The van der Waals surface area contributed by atoms with Gasteiger partial charge in [-0.3, -0.25) is 0 Å². The summed E-state index contributed by atoms with van der Waals surface area (Å²) in [7, 11) is 0. The van der Waals surface area contributed by atoms with E-state index in [2.05, 4.69) is 12.2 Å². The molecule has 0 atom stereocenters. The van der Waals surface area contributed by atoms with E-state index < -0.39 is 0 Å². The van der Waals surface area contributed by atoms with Crippen molar-refractivity contribution in [3.05, 3.63) is 34.8 Å². The molecule has 0 aliphatic carbocycles. The van der Waals surface area contributed by atoms with Gasteiger partial charge in [0, 0.05) is 5.56 Å². The van der Waals surface area contributed by atoms with E-state index in [0.29, 0.717) is 17.5 Å². The van der Waals surface area contributed by atoms with Gasteiger partial charge in [-0.05, 0) is 37.9 Å². The van der Waals surface area contributed by atoms with Gasteiger partial charge >= 0.3 is 0 Å². The van der Waals surface area contributed by atoms with Gasteiger partial charge in [0.25, 0.3) is 0 Å². The Morgan fingerprint density at radius 2 is 2.06 bits per heavy atom. The Hall–Kier alpha value is -1.35. The molecule has 18 heavy (non-hydrogen) atoms. The van der Waals surface area contributed by atoms with Crippen LogP contribution >= 0.6 is 0 Å². The zero-order valence-electron chi connectivity index (χ0n) is 11.3. The van der Waals surface area contributed by atoms with Crippen LogP contribution in [0.4, 0.5) is 4.39 Å². The lowest BCUT2D eigenvalue weighted by Crippen LogP contribution is -2.14. The average molecular weight is 249 g/mol. The third-order valence-electron chi connectivity index (χ3n) is 3.23. The SMILES string of the molecule is CCCNCc1oc2c(C)ccc(F)c2c1CC. The molecule has 3 heteroatoms. The standard InChI is InChI=1S/C15H20FNO/c1-4-8-17-9-13-11(5-2)14-12(16)7-6-10(3)15(14)18-13/h6-7,17H,4-5,8-9H2,1-3H3. The fraction of sp³-hybridized carbons (Fsp3) is 0.467. The van der Waals surface area contributed by atoms with Gasteiger partial charge in [0.15, 0.2) is 0 Å². The molecule has 2 aromatic rings. The summed E-state index contributed by atoms with van der Waals surface area (Å²) in [5, 5.41) is 3.97. The van der Waals surface area contributed by atoms with Crippen molar-refractivity contribution in [1.29, 1.82) is 0 Å². The van der Waals surface area contributed by atoms with Crippen LogP contribution in [-0.4, -0.2) is 6.54 Å². The molecule has 0 aliphatic heterocycles. The summed E-state index contributed by atoms with van der Waals surface area (Å²) in [4.78, 5) is 0. The lowest BCUT2D eigenvalue weighted by molar-refractivity contribution is 0.506. The predicted octanol–water partition coefficient (Wildman–Crippen LogP) is 3.94. The highest BCUT2D eigenvalue weighted by Gasteiger charge is 2.17. The van der Waals surface area contributed by atoms with Crippen molar-refractivity contribution in [3.63, 3.8) is 0 Å². The molecule has 0 saturated carbocycles. The monoisotopic (exact) mass is 249 g/mol. The van der Waals surface area contributed by atoms with Crippen LogP contribution in [0.1, 0.15) is 37.2 Å². The summed E-state index contributed by atoms with van der Waals surface area (Å²) in [5.41, 5.74) is 2.68.